The lowest BCUT2D eigenvalue weighted by Gasteiger charge is -2.42. The van der Waals surface area contributed by atoms with E-state index in [0.717, 1.165) is 39.1 Å². The van der Waals surface area contributed by atoms with E-state index >= 15 is 0 Å². The summed E-state index contributed by atoms with van der Waals surface area (Å²) in [5.74, 6) is 0.0668. The lowest BCUT2D eigenvalue weighted by molar-refractivity contribution is 0.0218. The highest BCUT2D eigenvalue weighted by molar-refractivity contribution is 6.33. The van der Waals surface area contributed by atoms with E-state index in [1.807, 2.05) is 45.0 Å². The highest BCUT2D eigenvalue weighted by Crippen LogP contribution is 2.50. The van der Waals surface area contributed by atoms with Crippen LogP contribution in [0.4, 0.5) is 10.5 Å². The number of anilines is 1. The quantitative estimate of drug-likeness (QED) is 0.536. The number of piperazine rings is 1. The number of fused-ring (bicyclic) bond motifs is 3. The van der Waals surface area contributed by atoms with E-state index in [9.17, 15) is 14.9 Å². The van der Waals surface area contributed by atoms with Crippen molar-refractivity contribution in [2.24, 2.45) is 0 Å². The number of carbonyl (C=O) groups is 2. The van der Waals surface area contributed by atoms with Gasteiger partial charge in [-0.3, -0.25) is 4.79 Å². The van der Waals surface area contributed by atoms with Gasteiger partial charge in [-0.1, -0.05) is 19.9 Å². The van der Waals surface area contributed by atoms with Gasteiger partial charge in [-0.05, 0) is 86.7 Å². The number of hydrogen-bond donors (Lipinski definition) is 0. The molecular weight excluding hydrogens is 450 g/mol. The predicted octanol–water partition coefficient (Wildman–Crippen LogP) is 5.49. The molecule has 5 rings (SSSR count). The first-order valence-corrected chi connectivity index (χ1v) is 12.6. The normalized spacial score (nSPS) is 20.5. The summed E-state index contributed by atoms with van der Waals surface area (Å²) in [5, 5.41) is 9.33. The van der Waals surface area contributed by atoms with Crippen molar-refractivity contribution in [2.45, 2.75) is 65.0 Å². The van der Waals surface area contributed by atoms with Crippen molar-refractivity contribution in [2.75, 3.05) is 24.5 Å². The van der Waals surface area contributed by atoms with Gasteiger partial charge in [0.1, 0.15) is 5.60 Å². The highest BCUT2D eigenvalue weighted by atomic mass is 16.6. The van der Waals surface area contributed by atoms with Crippen molar-refractivity contribution in [3.05, 3.63) is 69.8 Å². The average Bonchev–Trinajstić information content (AvgIpc) is 3.21. The monoisotopic (exact) mass is 483 g/mol. The number of nitriles is 1. The summed E-state index contributed by atoms with van der Waals surface area (Å²) in [6.45, 7) is 14.0. The fourth-order valence-corrected chi connectivity index (χ4v) is 5.84. The lowest BCUT2D eigenvalue weighted by Crippen LogP contribution is -2.54. The second kappa shape index (κ2) is 8.23. The van der Waals surface area contributed by atoms with Gasteiger partial charge < -0.3 is 14.5 Å². The number of Topliss-reactive ketones (excluding diaryl/α,β-unsaturated/α-hetero) is 1. The second-order valence-electron chi connectivity index (χ2n) is 11.7. The van der Waals surface area contributed by atoms with Crippen LogP contribution in [0, 0.1) is 11.3 Å². The smallest absolute Gasteiger partial charge is 0.410 e. The summed E-state index contributed by atoms with van der Waals surface area (Å²) >= 11 is 0. The molecule has 0 bridgehead atoms. The first-order valence-electron chi connectivity index (χ1n) is 12.6. The molecule has 186 valence electrons. The molecule has 0 spiro atoms. The van der Waals surface area contributed by atoms with Crippen LogP contribution in [0.25, 0.3) is 5.57 Å². The molecule has 3 aliphatic rings. The summed E-state index contributed by atoms with van der Waals surface area (Å²) in [6.07, 6.45) is 0.416. The molecule has 2 aromatic carbocycles. The van der Waals surface area contributed by atoms with Crippen LogP contribution in [0.2, 0.25) is 0 Å². The summed E-state index contributed by atoms with van der Waals surface area (Å²) in [5.41, 5.74) is 6.60. The summed E-state index contributed by atoms with van der Waals surface area (Å²) in [6, 6.07) is 14.1. The number of ketones is 1. The van der Waals surface area contributed by atoms with Gasteiger partial charge in [0.05, 0.1) is 11.6 Å². The Morgan fingerprint density at radius 3 is 2.50 bits per heavy atom. The van der Waals surface area contributed by atoms with E-state index in [1.165, 1.54) is 0 Å². The van der Waals surface area contributed by atoms with Crippen molar-refractivity contribution >= 4 is 23.1 Å². The molecule has 0 saturated carbocycles. The Morgan fingerprint density at radius 1 is 1.11 bits per heavy atom. The molecule has 1 aliphatic heterocycles. The minimum Gasteiger partial charge on any atom is -0.444 e. The summed E-state index contributed by atoms with van der Waals surface area (Å²) < 4.78 is 5.57. The Kier molecular flexibility index (Phi) is 5.51. The number of carbonyl (C=O) groups excluding carboxylic acids is 2. The molecular formula is C30H33N3O3. The predicted molar refractivity (Wildman–Crippen MR) is 140 cm³/mol. The topological polar surface area (TPSA) is 73.6 Å². The fourth-order valence-electron chi connectivity index (χ4n) is 5.84. The van der Waals surface area contributed by atoms with Crippen LogP contribution in [-0.2, 0) is 16.6 Å². The second-order valence-corrected chi connectivity index (χ2v) is 11.7. The molecule has 0 N–H and O–H groups in total. The molecule has 2 aliphatic carbocycles. The molecule has 2 aromatic rings. The molecule has 36 heavy (non-hydrogen) atoms. The minimum atomic E-state index is -0.516. The number of rotatable bonds is 1. The van der Waals surface area contributed by atoms with Gasteiger partial charge in [0, 0.05) is 47.9 Å². The van der Waals surface area contributed by atoms with Crippen molar-refractivity contribution in [1.29, 1.82) is 5.26 Å². The van der Waals surface area contributed by atoms with E-state index in [2.05, 4.69) is 37.8 Å². The maximum atomic E-state index is 13.7. The zero-order valence-electron chi connectivity index (χ0n) is 21.9. The fraction of sp³-hybridized carbons (Fsp3) is 0.433. The van der Waals surface area contributed by atoms with Gasteiger partial charge in [0.25, 0.3) is 0 Å². The molecule has 0 aromatic heterocycles. The van der Waals surface area contributed by atoms with Crippen LogP contribution < -0.4 is 4.90 Å². The lowest BCUT2D eigenvalue weighted by atomic mass is 9.68. The molecule has 1 fully saturated rings. The molecule has 0 unspecified atom stereocenters. The SMILES string of the molecule is C[C@H]1CN(C(=O)OC(C)(C)C)CCN1c1ccc2c(c1)C(C)(C)C1=C(C2=O)c2ccc(C#N)cc2C1. The molecule has 1 amide bonds. The maximum absolute atomic E-state index is 13.7. The van der Waals surface area contributed by atoms with E-state index in [1.54, 1.807) is 11.0 Å². The van der Waals surface area contributed by atoms with Crippen LogP contribution in [0.5, 0.6) is 0 Å². The van der Waals surface area contributed by atoms with Crippen LogP contribution in [0.15, 0.2) is 42.0 Å². The Balaban J connectivity index is 1.43. The van der Waals surface area contributed by atoms with Crippen LogP contribution in [0.3, 0.4) is 0 Å². The van der Waals surface area contributed by atoms with Gasteiger partial charge in [-0.25, -0.2) is 4.79 Å². The van der Waals surface area contributed by atoms with Crippen LogP contribution in [-0.4, -0.2) is 48.1 Å². The third-order valence-corrected chi connectivity index (χ3v) is 7.69. The van der Waals surface area contributed by atoms with Gasteiger partial charge in [0.2, 0.25) is 0 Å². The third kappa shape index (κ3) is 3.87. The van der Waals surface area contributed by atoms with Gasteiger partial charge in [-0.15, -0.1) is 0 Å². The van der Waals surface area contributed by atoms with Gasteiger partial charge >= 0.3 is 6.09 Å². The average molecular weight is 484 g/mol. The zero-order valence-corrected chi connectivity index (χ0v) is 21.9. The van der Waals surface area contributed by atoms with Gasteiger partial charge in [0.15, 0.2) is 5.78 Å². The Hall–Kier alpha value is -3.59. The van der Waals surface area contributed by atoms with E-state index in [0.29, 0.717) is 31.6 Å². The Morgan fingerprint density at radius 2 is 1.83 bits per heavy atom. The number of benzene rings is 2. The van der Waals surface area contributed by atoms with Crippen molar-refractivity contribution in [1.82, 2.24) is 4.90 Å². The zero-order chi connectivity index (χ0) is 26.0. The summed E-state index contributed by atoms with van der Waals surface area (Å²) in [4.78, 5) is 30.4. The number of amides is 1. The van der Waals surface area contributed by atoms with Crippen molar-refractivity contribution in [3.63, 3.8) is 0 Å². The molecule has 6 heteroatoms. The molecule has 1 atom stereocenters. The van der Waals surface area contributed by atoms with E-state index in [-0.39, 0.29) is 23.3 Å². The minimum absolute atomic E-state index is 0.0668. The number of nitrogens with zero attached hydrogens (tertiary/aromatic N) is 3. The van der Waals surface area contributed by atoms with E-state index in [4.69, 9.17) is 4.74 Å². The van der Waals surface area contributed by atoms with Crippen molar-refractivity contribution in [3.8, 4) is 6.07 Å². The first-order chi connectivity index (χ1) is 16.9. The van der Waals surface area contributed by atoms with Crippen molar-refractivity contribution < 1.29 is 14.3 Å². The van der Waals surface area contributed by atoms with Crippen LogP contribution in [0.1, 0.15) is 74.2 Å². The molecule has 1 saturated heterocycles. The largest absolute Gasteiger partial charge is 0.444 e. The standard InChI is InChI=1S/C30H33N3O3/c1-18-17-32(28(35)36-29(2,3)4)11-12-33(18)21-8-10-23-24(15-21)30(5,6)25-14-20-13-19(16-31)7-9-22(20)26(25)27(23)34/h7-10,13,15,18H,11-12,14,17H2,1-6H3/t18-/m0/s1. The maximum Gasteiger partial charge on any atom is 0.410 e. The number of ether oxygens (including phenoxy) is 1. The third-order valence-electron chi connectivity index (χ3n) is 7.69. The highest BCUT2D eigenvalue weighted by Gasteiger charge is 2.43. The van der Waals surface area contributed by atoms with E-state index < -0.39 is 5.60 Å². The molecule has 1 heterocycles. The summed E-state index contributed by atoms with van der Waals surface area (Å²) in [7, 11) is 0. The molecule has 0 radical (unpaired) electrons. The number of hydrogen-bond acceptors (Lipinski definition) is 5. The number of allylic oxidation sites excluding steroid dienone is 2. The first kappa shape index (κ1) is 24.1. The van der Waals surface area contributed by atoms with Crippen LogP contribution >= 0.6 is 0 Å². The Labute approximate surface area is 213 Å². The molecule has 6 nitrogen and oxygen atoms in total. The van der Waals surface area contributed by atoms with Gasteiger partial charge in [-0.2, -0.15) is 5.26 Å². The Bertz CT molecular complexity index is 1360.